The predicted molar refractivity (Wildman–Crippen MR) is 69.0 cm³/mol. The van der Waals surface area contributed by atoms with Crippen molar-refractivity contribution >= 4 is 6.01 Å². The molecule has 5 heteroatoms. The van der Waals surface area contributed by atoms with Crippen molar-refractivity contribution in [1.82, 2.24) is 15.5 Å². The number of nitrogens with zero attached hydrogens (tertiary/aromatic N) is 3. The van der Waals surface area contributed by atoms with Crippen LogP contribution in [0.4, 0.5) is 6.01 Å². The molecule has 17 heavy (non-hydrogen) atoms. The lowest BCUT2D eigenvalue weighted by atomic mass is 10.2. The maximum absolute atomic E-state index is 5.57. The highest BCUT2D eigenvalue weighted by Gasteiger charge is 2.09. The molecule has 0 spiro atoms. The van der Waals surface area contributed by atoms with Crippen LogP contribution in [0.1, 0.15) is 39.5 Å². The fourth-order valence-electron chi connectivity index (χ4n) is 1.43. The molecule has 1 aromatic heterocycles. The second kappa shape index (κ2) is 7.27. The van der Waals surface area contributed by atoms with E-state index in [0.29, 0.717) is 24.4 Å². The summed E-state index contributed by atoms with van der Waals surface area (Å²) in [7, 11) is 1.98. The molecule has 0 saturated heterocycles. The minimum Gasteiger partial charge on any atom is -0.407 e. The molecule has 5 nitrogen and oxygen atoms in total. The van der Waals surface area contributed by atoms with Crippen molar-refractivity contribution in [3.8, 4) is 0 Å². The van der Waals surface area contributed by atoms with Gasteiger partial charge in [0.2, 0.25) is 5.89 Å². The molecule has 0 amide bonds. The fraction of sp³-hybridized carbons (Fsp3) is 0.833. The lowest BCUT2D eigenvalue weighted by Gasteiger charge is -2.12. The Hall–Kier alpha value is -1.10. The molecule has 0 atom stereocenters. The highest BCUT2D eigenvalue weighted by atomic mass is 16.4. The third-order valence-corrected chi connectivity index (χ3v) is 2.46. The van der Waals surface area contributed by atoms with E-state index in [1.807, 2.05) is 11.9 Å². The Kier molecular flexibility index (Phi) is 5.97. The number of rotatable bonds is 8. The quantitative estimate of drug-likeness (QED) is 0.753. The maximum atomic E-state index is 5.57. The standard InChI is InChI=1S/C12H24N4O/c1-5-6-7-16(4)12-15-14-11(17-12)9-13-8-10(2)3/h10,13H,5-9H2,1-4H3. The van der Waals surface area contributed by atoms with Gasteiger partial charge in [0.1, 0.15) is 0 Å². The van der Waals surface area contributed by atoms with Gasteiger partial charge in [0.05, 0.1) is 6.54 Å². The van der Waals surface area contributed by atoms with Crippen molar-refractivity contribution in [3.63, 3.8) is 0 Å². The summed E-state index contributed by atoms with van der Waals surface area (Å²) in [6, 6.07) is 0.611. The lowest BCUT2D eigenvalue weighted by Crippen LogP contribution is -2.19. The van der Waals surface area contributed by atoms with Crippen LogP contribution in [0.5, 0.6) is 0 Å². The first-order chi connectivity index (χ1) is 8.13. The van der Waals surface area contributed by atoms with Gasteiger partial charge in [-0.05, 0) is 18.9 Å². The zero-order valence-electron chi connectivity index (χ0n) is 11.4. The number of nitrogens with one attached hydrogen (secondary N) is 1. The Morgan fingerprint density at radius 2 is 2.12 bits per heavy atom. The van der Waals surface area contributed by atoms with Crippen molar-refractivity contribution in [2.24, 2.45) is 5.92 Å². The highest BCUT2D eigenvalue weighted by Crippen LogP contribution is 2.10. The number of hydrogen-bond donors (Lipinski definition) is 1. The summed E-state index contributed by atoms with van der Waals surface area (Å²) >= 11 is 0. The van der Waals surface area contributed by atoms with E-state index in [4.69, 9.17) is 4.42 Å². The molecule has 1 heterocycles. The van der Waals surface area contributed by atoms with Crippen molar-refractivity contribution in [2.45, 2.75) is 40.2 Å². The van der Waals surface area contributed by atoms with Gasteiger partial charge in [-0.15, -0.1) is 5.10 Å². The topological polar surface area (TPSA) is 54.2 Å². The Morgan fingerprint density at radius 1 is 1.35 bits per heavy atom. The molecule has 0 unspecified atom stereocenters. The number of anilines is 1. The van der Waals surface area contributed by atoms with Gasteiger partial charge in [-0.2, -0.15) is 0 Å². The van der Waals surface area contributed by atoms with E-state index >= 15 is 0 Å². The highest BCUT2D eigenvalue weighted by molar-refractivity contribution is 5.21. The summed E-state index contributed by atoms with van der Waals surface area (Å²) in [6.45, 7) is 9.08. The zero-order chi connectivity index (χ0) is 12.7. The van der Waals surface area contributed by atoms with Crippen LogP contribution in [0.25, 0.3) is 0 Å². The van der Waals surface area contributed by atoms with E-state index in [-0.39, 0.29) is 0 Å². The SMILES string of the molecule is CCCCN(C)c1nnc(CNCC(C)C)o1. The number of unbranched alkanes of at least 4 members (excludes halogenated alkanes) is 1. The molecule has 0 bridgehead atoms. The summed E-state index contributed by atoms with van der Waals surface area (Å²) in [5.74, 6) is 1.29. The lowest BCUT2D eigenvalue weighted by molar-refractivity contribution is 0.449. The Morgan fingerprint density at radius 3 is 2.76 bits per heavy atom. The summed E-state index contributed by atoms with van der Waals surface area (Å²) in [5, 5.41) is 11.3. The Balaban J connectivity index is 2.36. The van der Waals surface area contributed by atoms with Crippen LogP contribution in [0.15, 0.2) is 4.42 Å². The minimum absolute atomic E-state index is 0.611. The van der Waals surface area contributed by atoms with Gasteiger partial charge in [-0.25, -0.2) is 0 Å². The van der Waals surface area contributed by atoms with E-state index in [0.717, 1.165) is 19.5 Å². The van der Waals surface area contributed by atoms with Crippen LogP contribution in [0, 0.1) is 5.92 Å². The normalized spacial score (nSPS) is 11.1. The van der Waals surface area contributed by atoms with E-state index in [1.54, 1.807) is 0 Å². The van der Waals surface area contributed by atoms with Crippen LogP contribution in [0.2, 0.25) is 0 Å². The molecule has 0 aromatic carbocycles. The van der Waals surface area contributed by atoms with Gasteiger partial charge in [0.15, 0.2) is 0 Å². The fourth-order valence-corrected chi connectivity index (χ4v) is 1.43. The molecule has 0 fully saturated rings. The monoisotopic (exact) mass is 240 g/mol. The third kappa shape index (κ3) is 5.17. The minimum atomic E-state index is 0.611. The first-order valence-corrected chi connectivity index (χ1v) is 6.37. The summed E-state index contributed by atoms with van der Waals surface area (Å²) < 4.78 is 5.57. The molecule has 1 N–H and O–H groups in total. The summed E-state index contributed by atoms with van der Waals surface area (Å²) in [6.07, 6.45) is 2.31. The summed E-state index contributed by atoms with van der Waals surface area (Å²) in [4.78, 5) is 2.00. The molecule has 0 aliphatic carbocycles. The van der Waals surface area contributed by atoms with Crippen LogP contribution in [0.3, 0.4) is 0 Å². The van der Waals surface area contributed by atoms with Gasteiger partial charge in [0.25, 0.3) is 0 Å². The molecule has 0 aliphatic rings. The zero-order valence-corrected chi connectivity index (χ0v) is 11.4. The van der Waals surface area contributed by atoms with Crippen LogP contribution in [-0.2, 0) is 6.54 Å². The molecule has 0 aliphatic heterocycles. The van der Waals surface area contributed by atoms with Crippen molar-refractivity contribution in [1.29, 1.82) is 0 Å². The largest absolute Gasteiger partial charge is 0.407 e. The second-order valence-corrected chi connectivity index (χ2v) is 4.78. The van der Waals surface area contributed by atoms with Gasteiger partial charge < -0.3 is 14.6 Å². The van der Waals surface area contributed by atoms with Gasteiger partial charge >= 0.3 is 6.01 Å². The van der Waals surface area contributed by atoms with E-state index in [1.165, 1.54) is 6.42 Å². The van der Waals surface area contributed by atoms with E-state index < -0.39 is 0 Å². The van der Waals surface area contributed by atoms with Crippen LogP contribution in [-0.4, -0.2) is 30.3 Å². The van der Waals surface area contributed by atoms with Crippen molar-refractivity contribution in [3.05, 3.63) is 5.89 Å². The average molecular weight is 240 g/mol. The molecule has 0 saturated carbocycles. The first-order valence-electron chi connectivity index (χ1n) is 6.37. The van der Waals surface area contributed by atoms with Gasteiger partial charge in [-0.3, -0.25) is 0 Å². The maximum Gasteiger partial charge on any atom is 0.317 e. The van der Waals surface area contributed by atoms with Crippen molar-refractivity contribution in [2.75, 3.05) is 25.0 Å². The molecular weight excluding hydrogens is 216 g/mol. The average Bonchev–Trinajstić information content (AvgIpc) is 2.74. The Labute approximate surface area is 104 Å². The van der Waals surface area contributed by atoms with Gasteiger partial charge in [-0.1, -0.05) is 32.3 Å². The second-order valence-electron chi connectivity index (χ2n) is 4.78. The molecule has 1 aromatic rings. The Bertz CT molecular complexity index is 311. The number of hydrogen-bond acceptors (Lipinski definition) is 5. The van der Waals surface area contributed by atoms with Crippen LogP contribution < -0.4 is 10.2 Å². The number of aromatic nitrogens is 2. The first kappa shape index (κ1) is 14.0. The molecule has 98 valence electrons. The predicted octanol–water partition coefficient (Wildman–Crippen LogP) is 2.05. The molecular formula is C12H24N4O. The van der Waals surface area contributed by atoms with Gasteiger partial charge in [0, 0.05) is 13.6 Å². The van der Waals surface area contributed by atoms with Crippen molar-refractivity contribution < 1.29 is 4.42 Å². The molecule has 0 radical (unpaired) electrons. The smallest absolute Gasteiger partial charge is 0.317 e. The summed E-state index contributed by atoms with van der Waals surface area (Å²) in [5.41, 5.74) is 0. The van der Waals surface area contributed by atoms with Crippen LogP contribution >= 0.6 is 0 Å². The molecule has 1 rings (SSSR count). The third-order valence-electron chi connectivity index (χ3n) is 2.46. The van der Waals surface area contributed by atoms with E-state index in [9.17, 15) is 0 Å². The van der Waals surface area contributed by atoms with E-state index in [2.05, 4.69) is 36.3 Å².